The topological polar surface area (TPSA) is 255 Å². The fourth-order valence-corrected chi connectivity index (χ4v) is 19.3. The Morgan fingerprint density at radius 2 is 0.587 bits per heavy atom. The Morgan fingerprint density at radius 3 is 0.860 bits per heavy atom. The van der Waals surface area contributed by atoms with Gasteiger partial charge in [0.25, 0.3) is 11.8 Å². The average molecular weight is 1970 g/mol. The van der Waals surface area contributed by atoms with Crippen molar-refractivity contribution < 1.29 is 72.3 Å². The molecule has 0 saturated carbocycles. The zero-order valence-corrected chi connectivity index (χ0v) is 81.4. The largest absolute Gasteiger partial charge is 0.393 e. The predicted octanol–water partition coefficient (Wildman–Crippen LogP) is 21.1. The third kappa shape index (κ3) is 25.8. The molecule has 20 rings (SSSR count). The van der Waals surface area contributed by atoms with E-state index in [1.807, 2.05) is 172 Å². The van der Waals surface area contributed by atoms with Gasteiger partial charge < -0.3 is 0 Å². The number of pyridine rings is 5. The molecule has 5 fully saturated rings. The van der Waals surface area contributed by atoms with Crippen LogP contribution in [-0.4, -0.2) is 223 Å². The molecule has 15 heterocycles. The van der Waals surface area contributed by atoms with E-state index in [-0.39, 0.29) is 80.5 Å². The minimum atomic E-state index is -4.15. The molecule has 0 aliphatic carbocycles. The number of piperidine rings is 5. The highest BCUT2D eigenvalue weighted by Crippen LogP contribution is 2.41. The van der Waals surface area contributed by atoms with Crippen LogP contribution in [0.1, 0.15) is 179 Å². The van der Waals surface area contributed by atoms with Crippen LogP contribution in [0.4, 0.5) is 48.3 Å². The van der Waals surface area contributed by atoms with Gasteiger partial charge in [-0.1, -0.05) is 60.7 Å². The van der Waals surface area contributed by atoms with Crippen LogP contribution < -0.4 is 0 Å². The minimum absolute atomic E-state index is 0.0172. The molecule has 5 aromatic carbocycles. The van der Waals surface area contributed by atoms with Gasteiger partial charge in [-0.15, -0.1) is 0 Å². The number of nitrogens with zero attached hydrogens (tertiary/aromatic N) is 20. The molecule has 5 saturated heterocycles. The fraction of sp³-hybridized carbons (Fsp3) is 0.393. The maximum absolute atomic E-state index is 13.7. The number of rotatable bonds is 20. The average Bonchev–Trinajstić information content (AvgIpc) is 1.79. The number of aryl methyl sites for hydroxylation is 5. The van der Waals surface area contributed by atoms with E-state index in [0.29, 0.717) is 143 Å². The molecule has 748 valence electrons. The van der Waals surface area contributed by atoms with Crippen LogP contribution in [-0.2, 0) is 68.0 Å². The molecular formula is C107H113F11N20O5. The molecule has 0 spiro atoms. The van der Waals surface area contributed by atoms with Gasteiger partial charge >= 0.3 is 12.4 Å². The van der Waals surface area contributed by atoms with Crippen molar-refractivity contribution in [3.63, 3.8) is 0 Å². The Labute approximate surface area is 819 Å². The summed E-state index contributed by atoms with van der Waals surface area (Å²) in [5.41, 5.74) is 19.4. The van der Waals surface area contributed by atoms with Gasteiger partial charge in [0.15, 0.2) is 28.9 Å². The van der Waals surface area contributed by atoms with Crippen LogP contribution in [0.25, 0.3) is 110 Å². The second-order valence-corrected chi connectivity index (χ2v) is 38.3. The summed E-state index contributed by atoms with van der Waals surface area (Å²) in [6.45, 7) is 14.3. The quantitative estimate of drug-likeness (QED) is 0.0507. The van der Waals surface area contributed by atoms with Crippen molar-refractivity contribution >= 4 is 83.4 Å². The molecule has 0 amide bonds. The molecule has 2 atom stereocenters. The first-order chi connectivity index (χ1) is 68.0. The van der Waals surface area contributed by atoms with Crippen LogP contribution in [0.2, 0.25) is 0 Å². The molecule has 0 bridgehead atoms. The second-order valence-electron chi connectivity index (χ2n) is 38.3. The van der Waals surface area contributed by atoms with Crippen molar-refractivity contribution in [3.05, 3.63) is 240 Å². The highest BCUT2D eigenvalue weighted by molar-refractivity contribution is 6.06. The van der Waals surface area contributed by atoms with Crippen LogP contribution >= 0.6 is 0 Å². The van der Waals surface area contributed by atoms with Crippen molar-refractivity contribution in [2.24, 2.45) is 47.1 Å². The molecule has 2 unspecified atom stereocenters. The lowest BCUT2D eigenvalue weighted by Gasteiger charge is -2.33. The number of Topliss-reactive ketones (excluding diaryl/α,β-unsaturated/α-hetero) is 5. The molecule has 36 heteroatoms. The molecule has 0 N–H and O–H groups in total. The van der Waals surface area contributed by atoms with Gasteiger partial charge in [0, 0.05) is 234 Å². The number of alkyl halides is 11. The summed E-state index contributed by atoms with van der Waals surface area (Å²) in [4.78, 5) is 92.4. The third-order valence-corrected chi connectivity index (χ3v) is 26.8. The van der Waals surface area contributed by atoms with E-state index in [4.69, 9.17) is 0 Å². The van der Waals surface area contributed by atoms with E-state index < -0.39 is 42.2 Å². The van der Waals surface area contributed by atoms with Crippen LogP contribution in [0.5, 0.6) is 0 Å². The van der Waals surface area contributed by atoms with E-state index in [2.05, 4.69) is 61.4 Å². The van der Waals surface area contributed by atoms with E-state index in [9.17, 15) is 72.3 Å². The van der Waals surface area contributed by atoms with Gasteiger partial charge in [0.05, 0.1) is 76.9 Å². The zero-order chi connectivity index (χ0) is 102. The van der Waals surface area contributed by atoms with Gasteiger partial charge in [-0.05, 0) is 194 Å². The number of carbonyl (C=O) groups is 5. The second kappa shape index (κ2) is 43.4. The number of halogens is 11. The van der Waals surface area contributed by atoms with E-state index in [1.165, 1.54) is 34.6 Å². The first kappa shape index (κ1) is 102. The monoisotopic (exact) mass is 1970 g/mol. The Balaban J connectivity index is 0.000000128. The maximum atomic E-state index is 13.7. The lowest BCUT2D eigenvalue weighted by molar-refractivity contribution is -0.187. The molecule has 143 heavy (non-hydrogen) atoms. The van der Waals surface area contributed by atoms with E-state index in [1.54, 1.807) is 83.6 Å². The highest BCUT2D eigenvalue weighted by atomic mass is 19.4. The van der Waals surface area contributed by atoms with Crippen molar-refractivity contribution in [3.8, 4) is 55.6 Å². The summed E-state index contributed by atoms with van der Waals surface area (Å²) in [7, 11) is 9.21. The molecule has 15 aromatic rings. The molecule has 0 radical (unpaired) electrons. The third-order valence-electron chi connectivity index (χ3n) is 26.8. The summed E-state index contributed by atoms with van der Waals surface area (Å²) in [5, 5.41) is 25.7. The summed E-state index contributed by atoms with van der Waals surface area (Å²) >= 11 is 0. The van der Waals surface area contributed by atoms with Crippen molar-refractivity contribution in [2.75, 3.05) is 65.4 Å². The number of hydrogen-bond acceptors (Lipinski definition) is 20. The number of fused-ring (bicyclic) bond motifs is 5. The molecule has 5 aliphatic heterocycles. The summed E-state index contributed by atoms with van der Waals surface area (Å²) in [6.07, 6.45) is 12.1. The maximum Gasteiger partial charge on any atom is 0.393 e. The van der Waals surface area contributed by atoms with Crippen molar-refractivity contribution in [2.45, 2.75) is 162 Å². The van der Waals surface area contributed by atoms with E-state index >= 15 is 0 Å². The predicted molar refractivity (Wildman–Crippen MR) is 526 cm³/mol. The van der Waals surface area contributed by atoms with Gasteiger partial charge in [0.2, 0.25) is 0 Å². The summed E-state index contributed by atoms with van der Waals surface area (Å²) < 4.78 is 154. The normalized spacial score (nSPS) is 17.3. The van der Waals surface area contributed by atoms with Crippen molar-refractivity contribution in [1.29, 1.82) is 0 Å². The fourth-order valence-electron chi connectivity index (χ4n) is 19.3. The lowest BCUT2D eigenvalue weighted by atomic mass is 9.95. The summed E-state index contributed by atoms with van der Waals surface area (Å²) in [6, 6.07) is 38.4. The minimum Gasteiger partial charge on any atom is -0.299 e. The van der Waals surface area contributed by atoms with E-state index in [0.717, 1.165) is 134 Å². The van der Waals surface area contributed by atoms with Gasteiger partial charge in [-0.2, -0.15) is 51.8 Å². The Bertz CT molecular complexity index is 7210. The highest BCUT2D eigenvalue weighted by Gasteiger charge is 2.43. The van der Waals surface area contributed by atoms with Crippen LogP contribution in [0.3, 0.4) is 0 Å². The van der Waals surface area contributed by atoms with Gasteiger partial charge in [-0.3, -0.25) is 71.9 Å². The number of benzene rings is 5. The first-order valence-electron chi connectivity index (χ1n) is 47.8. The number of ketones is 5. The number of likely N-dealkylation sites (tertiary alicyclic amines) is 5. The van der Waals surface area contributed by atoms with Crippen molar-refractivity contribution in [1.82, 2.24) is 98.3 Å². The Kier molecular flexibility index (Phi) is 31.1. The zero-order valence-electron chi connectivity index (χ0n) is 81.4. The number of carbonyl (C=O) groups excluding carboxylic acids is 5. The number of aromatic nitrogens is 15. The van der Waals surface area contributed by atoms with Gasteiger partial charge in [-0.25, -0.2) is 46.9 Å². The SMILES string of the molecule is CC(=O)c1cc(-c2cnn(C)c2)c2ccc(CN3CCC(C(F)(F)F)CC3)cc2n1.CC(=O)c1cc(-c2cnn(C)c2)c2ccc(CN3CCC(F)(F)CC3)cc2n1.CC(=O)c1cc(-c2cnn(C)c2)c2ccc(CN3CCCC(C(F)(F)F)C3)cc2n1.CC(=O)c1cc(-c2cnn(C)c2)c2ccc(CN3CCCC(F)(F)C3)cc2n1.CC(=O)c1cc(-c2cnn(C)c2)c2ccc(CN3CCCC(F)C3)cc2n1. The molecular weight excluding hydrogens is 1850 g/mol. The lowest BCUT2D eigenvalue weighted by Crippen LogP contribution is -2.41. The standard InChI is InChI=1S/2C22H23F3N4O.2C21H22F2N4O.C21H23FN4O/c1-14(30)20-10-19(16-11-26-28(2)13-16)18-4-3-15(9-21(18)27-20)12-29-7-5-17(6-8-29)22(23,24)25;1-14(30)20-9-19(16-10-26-28(2)12-16)18-6-5-15(8-21(18)27-20)11-29-7-3-4-17(13-29)22(23,24)25;1-14(28)19-9-18(16-10-24-26(2)12-16)17-5-4-15(8-20(17)25-19)11-27-7-3-6-21(22,23)13-27;1-14(28)19-10-18(16-11-24-26(2)13-16)17-4-3-15(9-20(17)25-19)12-27-7-5-21(22,23)6-8-27;1-14(27)20-9-19(16-10-23-25(2)12-16)18-6-5-15(8-21(18)24-20)11-26-7-3-4-17(22)13-26/h3-4,9-11,13,17H,5-8,12H2,1-2H3;5-6,8-10,12,17H,3-4,7,11,13H2,1-2H3;4-5,8-10,12H,3,6-7,11,13H2,1-2H3;3-4,9-11,13H,5-8,12H2,1-2H3;5-6,8-10,12,17H,3-4,7,11,13H2,1-2H3. The molecule has 10 aromatic heterocycles. The van der Waals surface area contributed by atoms with Crippen LogP contribution in [0, 0.1) is 11.8 Å². The van der Waals surface area contributed by atoms with Gasteiger partial charge in [0.1, 0.15) is 34.6 Å². The molecule has 5 aliphatic rings. The Morgan fingerprint density at radius 1 is 0.315 bits per heavy atom. The molecule has 25 nitrogen and oxygen atoms in total. The Hall–Kier alpha value is -13.4. The smallest absolute Gasteiger partial charge is 0.299 e. The summed E-state index contributed by atoms with van der Waals surface area (Å²) in [5.74, 6) is -8.19. The number of hydrogen-bond donors (Lipinski definition) is 0. The first-order valence-corrected chi connectivity index (χ1v) is 47.8. The van der Waals surface area contributed by atoms with Crippen LogP contribution in [0.15, 0.2) is 183 Å².